The largest absolute Gasteiger partial charge is 0.453 e. The Labute approximate surface area is 188 Å². The van der Waals surface area contributed by atoms with E-state index in [0.29, 0.717) is 24.9 Å². The van der Waals surface area contributed by atoms with E-state index >= 15 is 0 Å². The van der Waals surface area contributed by atoms with Gasteiger partial charge in [-0.15, -0.1) is 0 Å². The summed E-state index contributed by atoms with van der Waals surface area (Å²) < 4.78 is 63.9. The molecule has 1 aliphatic carbocycles. The lowest BCUT2D eigenvalue weighted by molar-refractivity contribution is -0.0246. The normalized spacial score (nSPS) is 26.8. The highest BCUT2D eigenvalue weighted by molar-refractivity contribution is 7.88. The summed E-state index contributed by atoms with van der Waals surface area (Å²) in [6.07, 6.45) is 2.22. The lowest BCUT2D eigenvalue weighted by Gasteiger charge is -2.41. The molecule has 7 nitrogen and oxygen atoms in total. The van der Waals surface area contributed by atoms with Gasteiger partial charge in [-0.2, -0.15) is 0 Å². The average Bonchev–Trinajstić information content (AvgIpc) is 2.77. The summed E-state index contributed by atoms with van der Waals surface area (Å²) in [6.45, 7) is 0.658. The number of likely N-dealkylation sites (tertiary alicyclic amines) is 1. The van der Waals surface area contributed by atoms with Crippen LogP contribution in [0.5, 0.6) is 0 Å². The van der Waals surface area contributed by atoms with Crippen LogP contribution in [0.3, 0.4) is 0 Å². The van der Waals surface area contributed by atoms with Gasteiger partial charge in [0.15, 0.2) is 0 Å². The number of rotatable bonds is 7. The third-order valence-electron chi connectivity index (χ3n) is 6.40. The third kappa shape index (κ3) is 6.39. The van der Waals surface area contributed by atoms with Gasteiger partial charge in [-0.1, -0.05) is 24.3 Å². The molecule has 2 atom stereocenters. The Bertz CT molecular complexity index is 875. The molecule has 0 aromatic heterocycles. The first-order chi connectivity index (χ1) is 15.2. The van der Waals surface area contributed by atoms with Gasteiger partial charge in [0.25, 0.3) is 6.43 Å². The molecule has 0 radical (unpaired) electrons. The number of hydrogen-bond donors (Lipinski definition) is 1. The predicted molar refractivity (Wildman–Crippen MR) is 116 cm³/mol. The minimum absolute atomic E-state index is 0.0646. The molecule has 180 valence electrons. The fourth-order valence-electron chi connectivity index (χ4n) is 4.88. The maximum atomic E-state index is 13.4. The summed E-state index contributed by atoms with van der Waals surface area (Å²) in [4.78, 5) is 13.8. The van der Waals surface area contributed by atoms with Crippen LogP contribution in [0.2, 0.25) is 0 Å². The second kappa shape index (κ2) is 10.9. The first-order valence-corrected chi connectivity index (χ1v) is 12.9. The van der Waals surface area contributed by atoms with E-state index in [1.807, 2.05) is 0 Å². The highest BCUT2D eigenvalue weighted by atomic mass is 32.2. The quantitative estimate of drug-likeness (QED) is 0.650. The highest BCUT2D eigenvalue weighted by Crippen LogP contribution is 2.38. The molecule has 1 aromatic carbocycles. The SMILES string of the molecule is COC(=O)N1CCC[C@H](NS(C)(=O)=O)[C@@H]1CO[C@H]1CC[C@@H](c2ccccc2C(F)F)CC1. The Morgan fingerprint density at radius 1 is 1.19 bits per heavy atom. The molecule has 3 rings (SSSR count). The van der Waals surface area contributed by atoms with Crippen LogP contribution in [0.1, 0.15) is 62.0 Å². The van der Waals surface area contributed by atoms with Crippen molar-refractivity contribution in [1.82, 2.24) is 9.62 Å². The van der Waals surface area contributed by atoms with Gasteiger partial charge in [0.1, 0.15) is 0 Å². The monoisotopic (exact) mass is 474 g/mol. The molecule has 2 aliphatic rings. The van der Waals surface area contributed by atoms with Gasteiger partial charge >= 0.3 is 6.09 Å². The third-order valence-corrected chi connectivity index (χ3v) is 7.13. The van der Waals surface area contributed by atoms with E-state index in [-0.39, 0.29) is 24.2 Å². The van der Waals surface area contributed by atoms with Crippen molar-refractivity contribution < 1.29 is 31.5 Å². The second-order valence-electron chi connectivity index (χ2n) is 8.61. The smallest absolute Gasteiger partial charge is 0.409 e. The standard InChI is InChI=1S/C22H32F2N2O5S/c1-30-22(27)26-13-5-8-19(25-32(2,28)29)20(26)14-31-16-11-9-15(10-12-16)17-6-3-4-7-18(17)21(23)24/h3-4,6-7,15-16,19-21,25H,5,8-14H2,1-2H3/t15-,16+,19-,20-/m0/s1. The number of halogens is 2. The second-order valence-corrected chi connectivity index (χ2v) is 10.4. The van der Waals surface area contributed by atoms with Gasteiger partial charge in [0, 0.05) is 18.2 Å². The van der Waals surface area contributed by atoms with Crippen molar-refractivity contribution in [3.63, 3.8) is 0 Å². The van der Waals surface area contributed by atoms with E-state index in [9.17, 15) is 22.0 Å². The van der Waals surface area contributed by atoms with Gasteiger partial charge in [0.05, 0.1) is 32.1 Å². The maximum absolute atomic E-state index is 13.4. The van der Waals surface area contributed by atoms with Crippen LogP contribution in [-0.2, 0) is 19.5 Å². The summed E-state index contributed by atoms with van der Waals surface area (Å²) in [5.41, 5.74) is 0.810. The lowest BCUT2D eigenvalue weighted by atomic mass is 9.81. The number of sulfonamides is 1. The van der Waals surface area contributed by atoms with Crippen molar-refractivity contribution in [2.45, 2.75) is 69.1 Å². The molecular weight excluding hydrogens is 442 g/mol. The lowest BCUT2D eigenvalue weighted by Crippen LogP contribution is -2.59. The van der Waals surface area contributed by atoms with Crippen molar-refractivity contribution in [2.24, 2.45) is 0 Å². The van der Waals surface area contributed by atoms with E-state index in [1.165, 1.54) is 18.1 Å². The van der Waals surface area contributed by atoms with Gasteiger partial charge in [0.2, 0.25) is 10.0 Å². The van der Waals surface area contributed by atoms with E-state index in [0.717, 1.165) is 31.9 Å². The number of alkyl halides is 2. The van der Waals surface area contributed by atoms with Crippen molar-refractivity contribution in [3.8, 4) is 0 Å². The first-order valence-electron chi connectivity index (χ1n) is 11.0. The van der Waals surface area contributed by atoms with Crippen LogP contribution in [0.4, 0.5) is 13.6 Å². The number of carbonyl (C=O) groups excluding carboxylic acids is 1. The van der Waals surface area contributed by atoms with Crippen molar-refractivity contribution in [1.29, 1.82) is 0 Å². The Kier molecular flexibility index (Phi) is 8.46. The molecule has 2 fully saturated rings. The van der Waals surface area contributed by atoms with Crippen molar-refractivity contribution in [2.75, 3.05) is 26.5 Å². The van der Waals surface area contributed by atoms with E-state index in [2.05, 4.69) is 4.72 Å². The molecule has 1 amide bonds. The van der Waals surface area contributed by atoms with Crippen molar-refractivity contribution >= 4 is 16.1 Å². The molecule has 0 bridgehead atoms. The Morgan fingerprint density at radius 3 is 2.50 bits per heavy atom. The molecule has 1 aliphatic heterocycles. The van der Waals surface area contributed by atoms with Crippen LogP contribution in [0.25, 0.3) is 0 Å². The molecule has 1 saturated heterocycles. The summed E-state index contributed by atoms with van der Waals surface area (Å²) >= 11 is 0. The number of piperidine rings is 1. The van der Waals surface area contributed by atoms with Gasteiger partial charge < -0.3 is 14.4 Å². The minimum atomic E-state index is -3.45. The molecule has 1 N–H and O–H groups in total. The number of ether oxygens (including phenoxy) is 2. The molecule has 1 aromatic rings. The predicted octanol–water partition coefficient (Wildman–Crippen LogP) is 3.82. The zero-order chi connectivity index (χ0) is 23.3. The van der Waals surface area contributed by atoms with Crippen LogP contribution in [-0.4, -0.2) is 64.1 Å². The van der Waals surface area contributed by atoms with Gasteiger partial charge in [-0.05, 0) is 50.0 Å². The van der Waals surface area contributed by atoms with Crippen LogP contribution < -0.4 is 4.72 Å². The number of carbonyl (C=O) groups is 1. The maximum Gasteiger partial charge on any atom is 0.409 e. The zero-order valence-corrected chi connectivity index (χ0v) is 19.3. The number of hydrogen-bond acceptors (Lipinski definition) is 5. The first kappa shape index (κ1) is 24.9. The van der Waals surface area contributed by atoms with Crippen LogP contribution in [0, 0.1) is 0 Å². The zero-order valence-electron chi connectivity index (χ0n) is 18.5. The van der Waals surface area contributed by atoms with Crippen molar-refractivity contribution in [3.05, 3.63) is 35.4 Å². The molecule has 0 unspecified atom stereocenters. The topological polar surface area (TPSA) is 84.9 Å². The Balaban J connectivity index is 1.61. The number of nitrogens with zero attached hydrogens (tertiary/aromatic N) is 1. The number of nitrogens with one attached hydrogen (secondary N) is 1. The fraction of sp³-hybridized carbons (Fsp3) is 0.682. The summed E-state index contributed by atoms with van der Waals surface area (Å²) in [6, 6.07) is 5.78. The highest BCUT2D eigenvalue weighted by Gasteiger charge is 2.37. The van der Waals surface area contributed by atoms with Crippen LogP contribution >= 0.6 is 0 Å². The molecular formula is C22H32F2N2O5S. The molecule has 0 spiro atoms. The van der Waals surface area contributed by atoms with E-state index < -0.39 is 34.6 Å². The summed E-state index contributed by atoms with van der Waals surface area (Å²) in [5.74, 6) is 0.0703. The molecule has 32 heavy (non-hydrogen) atoms. The summed E-state index contributed by atoms with van der Waals surface area (Å²) in [5, 5.41) is 0. The van der Waals surface area contributed by atoms with Gasteiger partial charge in [-0.3, -0.25) is 0 Å². The molecule has 1 heterocycles. The number of amides is 1. The average molecular weight is 475 g/mol. The molecule has 1 saturated carbocycles. The number of benzene rings is 1. The summed E-state index contributed by atoms with van der Waals surface area (Å²) in [7, 11) is -2.15. The van der Waals surface area contributed by atoms with E-state index in [1.54, 1.807) is 18.2 Å². The Morgan fingerprint density at radius 2 is 1.88 bits per heavy atom. The molecule has 10 heteroatoms. The Hall–Kier alpha value is -1.78. The van der Waals surface area contributed by atoms with Gasteiger partial charge in [-0.25, -0.2) is 26.7 Å². The van der Waals surface area contributed by atoms with E-state index in [4.69, 9.17) is 9.47 Å². The van der Waals surface area contributed by atoms with Crippen LogP contribution in [0.15, 0.2) is 24.3 Å². The fourth-order valence-corrected chi connectivity index (χ4v) is 5.70. The number of methoxy groups -OCH3 is 1. The minimum Gasteiger partial charge on any atom is -0.453 e.